The van der Waals surface area contributed by atoms with Gasteiger partial charge in [0.25, 0.3) is 0 Å². The monoisotopic (exact) mass is 266 g/mol. The average Bonchev–Trinajstić information content (AvgIpc) is 2.76. The van der Waals surface area contributed by atoms with Crippen LogP contribution < -0.4 is 0 Å². The molecular formula is C11H16Cl2O3. The minimum absolute atomic E-state index is 0.0606. The van der Waals surface area contributed by atoms with E-state index in [-0.39, 0.29) is 22.3 Å². The first kappa shape index (κ1) is 11.5. The van der Waals surface area contributed by atoms with Gasteiger partial charge in [0.15, 0.2) is 5.79 Å². The van der Waals surface area contributed by atoms with Crippen molar-refractivity contribution in [3.05, 3.63) is 0 Å². The Morgan fingerprint density at radius 3 is 2.50 bits per heavy atom. The van der Waals surface area contributed by atoms with E-state index in [1.807, 2.05) is 0 Å². The molecule has 5 heteroatoms. The highest BCUT2D eigenvalue weighted by atomic mass is 35.5. The van der Waals surface area contributed by atoms with Gasteiger partial charge in [0.05, 0.1) is 35.5 Å². The molecule has 0 amide bonds. The lowest BCUT2D eigenvalue weighted by atomic mass is 9.58. The first-order valence-corrected chi connectivity index (χ1v) is 6.65. The van der Waals surface area contributed by atoms with E-state index in [1.165, 1.54) is 0 Å². The van der Waals surface area contributed by atoms with E-state index < -0.39 is 5.79 Å². The summed E-state index contributed by atoms with van der Waals surface area (Å²) in [5, 5.41) is -0.269. The zero-order valence-electron chi connectivity index (χ0n) is 9.25. The Balaban J connectivity index is 1.94. The van der Waals surface area contributed by atoms with Crippen LogP contribution in [0.1, 0.15) is 19.3 Å². The van der Waals surface area contributed by atoms with Crippen molar-refractivity contribution in [1.29, 1.82) is 0 Å². The van der Waals surface area contributed by atoms with Gasteiger partial charge in [-0.3, -0.25) is 0 Å². The Labute approximate surface area is 105 Å². The maximum Gasteiger partial charge on any atom is 0.175 e. The molecule has 92 valence electrons. The standard InChI is InChI=1S/C11H16Cl2O3/c1-14-10-3-2-4-11(15-5-6-16-11)8(10)7(12)9(10)13/h7-9H,2-6H2,1H3/t7-,8+,9-,10-/m0/s1. The molecule has 0 bridgehead atoms. The van der Waals surface area contributed by atoms with Gasteiger partial charge in [-0.25, -0.2) is 0 Å². The van der Waals surface area contributed by atoms with E-state index in [4.69, 9.17) is 37.4 Å². The van der Waals surface area contributed by atoms with E-state index in [9.17, 15) is 0 Å². The molecule has 2 saturated carbocycles. The molecule has 3 rings (SSSR count). The minimum atomic E-state index is -0.536. The van der Waals surface area contributed by atoms with Crippen molar-refractivity contribution >= 4 is 23.2 Å². The number of halogens is 2. The summed E-state index contributed by atoms with van der Waals surface area (Å²) in [6, 6.07) is 0. The van der Waals surface area contributed by atoms with Gasteiger partial charge in [-0.05, 0) is 12.8 Å². The maximum atomic E-state index is 6.34. The third kappa shape index (κ3) is 1.21. The van der Waals surface area contributed by atoms with Gasteiger partial charge in [0.2, 0.25) is 0 Å². The number of alkyl halides is 2. The average molecular weight is 267 g/mol. The van der Waals surface area contributed by atoms with Crippen molar-refractivity contribution in [3.63, 3.8) is 0 Å². The molecule has 3 aliphatic rings. The topological polar surface area (TPSA) is 27.7 Å². The summed E-state index contributed by atoms with van der Waals surface area (Å²) >= 11 is 12.7. The molecule has 1 saturated heterocycles. The predicted octanol–water partition coefficient (Wildman–Crippen LogP) is 2.14. The van der Waals surface area contributed by atoms with Crippen molar-refractivity contribution in [2.75, 3.05) is 20.3 Å². The number of hydrogen-bond donors (Lipinski definition) is 0. The van der Waals surface area contributed by atoms with Gasteiger partial charge in [0, 0.05) is 13.5 Å². The molecule has 0 unspecified atom stereocenters. The van der Waals surface area contributed by atoms with Crippen molar-refractivity contribution in [2.45, 2.75) is 41.4 Å². The molecule has 0 aromatic rings. The Kier molecular flexibility index (Phi) is 2.69. The summed E-state index contributed by atoms with van der Waals surface area (Å²) in [5.41, 5.74) is -0.351. The lowest BCUT2D eigenvalue weighted by molar-refractivity contribution is -0.297. The zero-order valence-corrected chi connectivity index (χ0v) is 10.8. The van der Waals surface area contributed by atoms with Crippen molar-refractivity contribution in [2.24, 2.45) is 5.92 Å². The Morgan fingerprint density at radius 2 is 1.88 bits per heavy atom. The molecule has 1 spiro atoms. The second-order valence-electron chi connectivity index (χ2n) is 4.85. The van der Waals surface area contributed by atoms with Crippen LogP contribution >= 0.6 is 23.2 Å². The van der Waals surface area contributed by atoms with Crippen LogP contribution in [0.5, 0.6) is 0 Å². The Hall–Kier alpha value is 0.460. The summed E-state index contributed by atoms with van der Waals surface area (Å²) < 4.78 is 17.3. The highest BCUT2D eigenvalue weighted by Crippen LogP contribution is 2.61. The van der Waals surface area contributed by atoms with Gasteiger partial charge >= 0.3 is 0 Å². The van der Waals surface area contributed by atoms with Crippen LogP contribution in [0.15, 0.2) is 0 Å². The second kappa shape index (κ2) is 3.72. The SMILES string of the molecule is CO[C@@]12CCCC3(OCCO3)[C@@H]1[C@H](Cl)[C@@H]2Cl. The maximum absolute atomic E-state index is 6.34. The van der Waals surface area contributed by atoms with Crippen LogP contribution in [-0.4, -0.2) is 42.5 Å². The fourth-order valence-corrected chi connectivity index (χ4v) is 4.67. The molecule has 1 aliphatic heterocycles. The molecular weight excluding hydrogens is 251 g/mol. The van der Waals surface area contributed by atoms with Gasteiger partial charge < -0.3 is 14.2 Å². The van der Waals surface area contributed by atoms with Crippen molar-refractivity contribution < 1.29 is 14.2 Å². The summed E-state index contributed by atoms with van der Waals surface area (Å²) in [4.78, 5) is 0. The molecule has 3 nitrogen and oxygen atoms in total. The molecule has 0 N–H and O–H groups in total. The zero-order chi connectivity index (χ0) is 11.4. The summed E-state index contributed by atoms with van der Waals surface area (Å²) in [5.74, 6) is -0.475. The number of ether oxygens (including phenoxy) is 3. The highest BCUT2D eigenvalue weighted by molar-refractivity contribution is 6.32. The predicted molar refractivity (Wildman–Crippen MR) is 61.0 cm³/mol. The first-order chi connectivity index (χ1) is 7.66. The fraction of sp³-hybridized carbons (Fsp3) is 1.00. The van der Waals surface area contributed by atoms with Crippen molar-refractivity contribution in [1.82, 2.24) is 0 Å². The normalized spacial score (nSPS) is 50.1. The molecule has 2 aliphatic carbocycles. The molecule has 3 fully saturated rings. The van der Waals surface area contributed by atoms with E-state index in [0.29, 0.717) is 13.2 Å². The van der Waals surface area contributed by atoms with E-state index in [2.05, 4.69) is 0 Å². The quantitative estimate of drug-likeness (QED) is 0.681. The fourth-order valence-electron chi connectivity index (χ4n) is 3.57. The molecule has 0 aromatic heterocycles. The van der Waals surface area contributed by atoms with Gasteiger partial charge in [-0.2, -0.15) is 0 Å². The van der Waals surface area contributed by atoms with Gasteiger partial charge in [0.1, 0.15) is 0 Å². The third-order valence-corrected chi connectivity index (χ3v) is 5.59. The largest absolute Gasteiger partial charge is 0.376 e. The van der Waals surface area contributed by atoms with Gasteiger partial charge in [-0.15, -0.1) is 23.2 Å². The first-order valence-electron chi connectivity index (χ1n) is 5.77. The lowest BCUT2D eigenvalue weighted by Gasteiger charge is -2.63. The lowest BCUT2D eigenvalue weighted by Crippen LogP contribution is -2.75. The summed E-state index contributed by atoms with van der Waals surface area (Å²) in [6.07, 6.45) is 2.85. The van der Waals surface area contributed by atoms with Crippen LogP contribution in [0.4, 0.5) is 0 Å². The highest BCUT2D eigenvalue weighted by Gasteiger charge is 2.72. The molecule has 4 atom stereocenters. The molecule has 0 radical (unpaired) electrons. The van der Waals surface area contributed by atoms with E-state index in [0.717, 1.165) is 19.3 Å². The second-order valence-corrected chi connectivity index (χ2v) is 5.82. The number of fused-ring (bicyclic) bond motifs is 2. The molecule has 1 heterocycles. The smallest absolute Gasteiger partial charge is 0.175 e. The third-order valence-electron chi connectivity index (χ3n) is 4.31. The van der Waals surface area contributed by atoms with Crippen LogP contribution in [0.2, 0.25) is 0 Å². The van der Waals surface area contributed by atoms with Crippen LogP contribution in [0.3, 0.4) is 0 Å². The number of rotatable bonds is 1. The number of hydrogen-bond acceptors (Lipinski definition) is 3. The van der Waals surface area contributed by atoms with Crippen LogP contribution in [0, 0.1) is 5.92 Å². The van der Waals surface area contributed by atoms with Crippen LogP contribution in [-0.2, 0) is 14.2 Å². The summed E-state index contributed by atoms with van der Waals surface area (Å²) in [6.45, 7) is 1.29. The van der Waals surface area contributed by atoms with Gasteiger partial charge in [-0.1, -0.05) is 0 Å². The Bertz CT molecular complexity index is 287. The van der Waals surface area contributed by atoms with E-state index in [1.54, 1.807) is 7.11 Å². The number of methoxy groups -OCH3 is 1. The van der Waals surface area contributed by atoms with E-state index >= 15 is 0 Å². The Morgan fingerprint density at radius 1 is 1.19 bits per heavy atom. The van der Waals surface area contributed by atoms with Crippen molar-refractivity contribution in [3.8, 4) is 0 Å². The molecule has 0 aromatic carbocycles. The van der Waals surface area contributed by atoms with Crippen LogP contribution in [0.25, 0.3) is 0 Å². The summed E-state index contributed by atoms with van der Waals surface area (Å²) in [7, 11) is 1.71. The molecule has 16 heavy (non-hydrogen) atoms. The minimum Gasteiger partial charge on any atom is -0.376 e.